The van der Waals surface area contributed by atoms with Gasteiger partial charge in [0, 0.05) is 0 Å². The van der Waals surface area contributed by atoms with Crippen molar-refractivity contribution in [2.45, 2.75) is 71.4 Å². The highest BCUT2D eigenvalue weighted by atomic mass is 16.6. The Bertz CT molecular complexity index is 370. The summed E-state index contributed by atoms with van der Waals surface area (Å²) >= 11 is 0. The van der Waals surface area contributed by atoms with Crippen LogP contribution < -0.4 is 5.32 Å². The summed E-state index contributed by atoms with van der Waals surface area (Å²) in [5, 5.41) is 12.0. The van der Waals surface area contributed by atoms with Crippen LogP contribution in [0.25, 0.3) is 0 Å². The lowest BCUT2D eigenvalue weighted by molar-refractivity contribution is -0.139. The van der Waals surface area contributed by atoms with Crippen molar-refractivity contribution in [2.75, 3.05) is 0 Å². The number of alkyl carbamates (subject to hydrolysis) is 1. The van der Waals surface area contributed by atoms with Crippen molar-refractivity contribution < 1.29 is 19.4 Å². The van der Waals surface area contributed by atoms with E-state index in [9.17, 15) is 9.59 Å². The Kier molecular flexibility index (Phi) is 4.17. The Morgan fingerprint density at radius 2 is 1.84 bits per heavy atom. The number of ether oxygens (including phenoxy) is 1. The number of carbonyl (C=O) groups excluding carboxylic acids is 1. The first-order valence-corrected chi connectivity index (χ1v) is 6.70. The molecule has 1 amide bonds. The zero-order valence-electron chi connectivity index (χ0n) is 12.5. The lowest BCUT2D eigenvalue weighted by Gasteiger charge is -2.41. The van der Waals surface area contributed by atoms with E-state index in [0.717, 1.165) is 12.8 Å². The maximum Gasteiger partial charge on any atom is 0.408 e. The predicted octanol–water partition coefficient (Wildman–Crippen LogP) is 2.93. The smallest absolute Gasteiger partial charge is 0.408 e. The number of carboxylic acids is 1. The molecule has 110 valence electrons. The molecule has 0 saturated heterocycles. The second kappa shape index (κ2) is 5.02. The minimum atomic E-state index is -0.897. The van der Waals surface area contributed by atoms with Gasteiger partial charge in [0.15, 0.2) is 0 Å². The molecule has 5 nitrogen and oxygen atoms in total. The van der Waals surface area contributed by atoms with Crippen molar-refractivity contribution in [3.63, 3.8) is 0 Å². The topological polar surface area (TPSA) is 75.6 Å². The molecule has 19 heavy (non-hydrogen) atoms. The van der Waals surface area contributed by atoms with Gasteiger partial charge in [-0.2, -0.15) is 0 Å². The van der Waals surface area contributed by atoms with Crippen LogP contribution in [0.1, 0.15) is 60.3 Å². The summed E-state index contributed by atoms with van der Waals surface area (Å²) in [5.74, 6) is -0.897. The minimum Gasteiger partial charge on any atom is -0.481 e. The fourth-order valence-corrected chi connectivity index (χ4v) is 2.77. The first-order valence-electron chi connectivity index (χ1n) is 6.70. The SMILES string of the molecule is CC(C)(C)OC(=O)NC1(CC(=O)O)CCCC1(C)C. The quantitative estimate of drug-likeness (QED) is 0.827. The third-order valence-electron chi connectivity index (χ3n) is 3.89. The van der Waals surface area contributed by atoms with Gasteiger partial charge in [0.1, 0.15) is 5.60 Å². The second-order valence-electron chi connectivity index (χ2n) is 7.02. The largest absolute Gasteiger partial charge is 0.481 e. The number of carbonyl (C=O) groups is 2. The van der Waals surface area contributed by atoms with Crippen molar-refractivity contribution in [1.82, 2.24) is 5.32 Å². The zero-order valence-corrected chi connectivity index (χ0v) is 12.5. The maximum absolute atomic E-state index is 12.0. The standard InChI is InChI=1S/C14H25NO4/c1-12(2,3)19-11(18)15-14(9-10(16)17)8-6-7-13(14,4)5/h6-9H2,1-5H3,(H,15,18)(H,16,17). The van der Waals surface area contributed by atoms with E-state index in [-0.39, 0.29) is 11.8 Å². The Labute approximate surface area is 114 Å². The average molecular weight is 271 g/mol. The van der Waals surface area contributed by atoms with E-state index >= 15 is 0 Å². The van der Waals surface area contributed by atoms with Crippen molar-refractivity contribution in [3.05, 3.63) is 0 Å². The van der Waals surface area contributed by atoms with Crippen LogP contribution in [-0.2, 0) is 9.53 Å². The van der Waals surface area contributed by atoms with Crippen LogP contribution in [-0.4, -0.2) is 28.3 Å². The molecule has 1 rings (SSSR count). The second-order valence-corrected chi connectivity index (χ2v) is 7.02. The monoisotopic (exact) mass is 271 g/mol. The van der Waals surface area contributed by atoms with Crippen molar-refractivity contribution in [3.8, 4) is 0 Å². The lowest BCUT2D eigenvalue weighted by atomic mass is 9.73. The summed E-state index contributed by atoms with van der Waals surface area (Å²) in [6.07, 6.45) is 1.88. The molecule has 1 aliphatic rings. The average Bonchev–Trinajstić information content (AvgIpc) is 2.36. The highest BCUT2D eigenvalue weighted by Crippen LogP contribution is 2.48. The number of nitrogens with one attached hydrogen (secondary N) is 1. The van der Waals surface area contributed by atoms with E-state index < -0.39 is 23.2 Å². The minimum absolute atomic E-state index is 0.0702. The number of hydrogen-bond acceptors (Lipinski definition) is 3. The molecule has 1 fully saturated rings. The lowest BCUT2D eigenvalue weighted by Crippen LogP contribution is -2.57. The third kappa shape index (κ3) is 3.85. The molecule has 0 aromatic rings. The van der Waals surface area contributed by atoms with Gasteiger partial charge in [-0.1, -0.05) is 20.3 Å². The van der Waals surface area contributed by atoms with E-state index in [1.54, 1.807) is 20.8 Å². The predicted molar refractivity (Wildman–Crippen MR) is 72.0 cm³/mol. The Hall–Kier alpha value is -1.26. The van der Waals surface area contributed by atoms with Gasteiger partial charge in [0.2, 0.25) is 0 Å². The number of hydrogen-bond donors (Lipinski definition) is 2. The Morgan fingerprint density at radius 1 is 1.26 bits per heavy atom. The maximum atomic E-state index is 12.0. The summed E-state index contributed by atoms with van der Waals surface area (Å²) in [6, 6.07) is 0. The Balaban J connectivity index is 2.88. The van der Waals surface area contributed by atoms with Crippen LogP contribution in [0.15, 0.2) is 0 Å². The third-order valence-corrected chi connectivity index (χ3v) is 3.89. The molecule has 1 atom stereocenters. The molecule has 0 spiro atoms. The van der Waals surface area contributed by atoms with Crippen LogP contribution in [0, 0.1) is 5.41 Å². The van der Waals surface area contributed by atoms with Gasteiger partial charge in [-0.05, 0) is 39.0 Å². The molecule has 0 aromatic heterocycles. The molecule has 0 aromatic carbocycles. The van der Waals surface area contributed by atoms with Crippen LogP contribution in [0.5, 0.6) is 0 Å². The first-order chi connectivity index (χ1) is 8.47. The molecule has 5 heteroatoms. The Morgan fingerprint density at radius 3 is 2.21 bits per heavy atom. The van der Waals surface area contributed by atoms with Crippen molar-refractivity contribution >= 4 is 12.1 Å². The van der Waals surface area contributed by atoms with Crippen LogP contribution in [0.4, 0.5) is 4.79 Å². The highest BCUT2D eigenvalue weighted by molar-refractivity contribution is 5.73. The van der Waals surface area contributed by atoms with Gasteiger partial charge in [-0.3, -0.25) is 4.79 Å². The van der Waals surface area contributed by atoms with Gasteiger partial charge < -0.3 is 15.2 Å². The summed E-state index contributed by atoms with van der Waals surface area (Å²) in [4.78, 5) is 23.1. The van der Waals surface area contributed by atoms with E-state index in [0.29, 0.717) is 6.42 Å². The van der Waals surface area contributed by atoms with Crippen molar-refractivity contribution in [2.24, 2.45) is 5.41 Å². The van der Waals surface area contributed by atoms with E-state index in [1.807, 2.05) is 13.8 Å². The number of rotatable bonds is 3. The van der Waals surface area contributed by atoms with Gasteiger partial charge in [0.25, 0.3) is 0 Å². The fraction of sp³-hybridized carbons (Fsp3) is 0.857. The molecular formula is C14H25NO4. The summed E-state index contributed by atoms with van der Waals surface area (Å²) in [6.45, 7) is 9.36. The summed E-state index contributed by atoms with van der Waals surface area (Å²) < 4.78 is 5.26. The normalized spacial score (nSPS) is 25.9. The fourth-order valence-electron chi connectivity index (χ4n) is 2.77. The molecule has 1 unspecified atom stereocenters. The summed E-state index contributed by atoms with van der Waals surface area (Å²) in [7, 11) is 0. The zero-order chi connectivity index (χ0) is 14.9. The molecule has 0 bridgehead atoms. The molecule has 1 aliphatic carbocycles. The van der Waals surface area contributed by atoms with Gasteiger partial charge in [0.05, 0.1) is 12.0 Å². The van der Waals surface area contributed by atoms with Crippen LogP contribution in [0.2, 0.25) is 0 Å². The molecular weight excluding hydrogens is 246 g/mol. The number of amides is 1. The van der Waals surface area contributed by atoms with E-state index in [1.165, 1.54) is 0 Å². The molecule has 0 aliphatic heterocycles. The molecule has 0 heterocycles. The number of carboxylic acid groups (broad SMARTS) is 1. The molecule has 0 radical (unpaired) electrons. The first kappa shape index (κ1) is 15.8. The van der Waals surface area contributed by atoms with Gasteiger partial charge >= 0.3 is 12.1 Å². The van der Waals surface area contributed by atoms with E-state index in [2.05, 4.69) is 5.32 Å². The van der Waals surface area contributed by atoms with Crippen molar-refractivity contribution in [1.29, 1.82) is 0 Å². The highest BCUT2D eigenvalue weighted by Gasteiger charge is 2.51. The number of aliphatic carboxylic acids is 1. The van der Waals surface area contributed by atoms with E-state index in [4.69, 9.17) is 9.84 Å². The summed E-state index contributed by atoms with van der Waals surface area (Å²) in [5.41, 5.74) is -1.55. The van der Waals surface area contributed by atoms with Gasteiger partial charge in [-0.25, -0.2) is 4.79 Å². The molecule has 2 N–H and O–H groups in total. The van der Waals surface area contributed by atoms with Gasteiger partial charge in [-0.15, -0.1) is 0 Å². The molecule has 1 saturated carbocycles. The van der Waals surface area contributed by atoms with Crippen LogP contribution >= 0.6 is 0 Å². The van der Waals surface area contributed by atoms with Crippen LogP contribution in [0.3, 0.4) is 0 Å².